The number of hydrogen-bond acceptors (Lipinski definition) is 6. The fourth-order valence-corrected chi connectivity index (χ4v) is 2.84. The van der Waals surface area contributed by atoms with Crippen molar-refractivity contribution in [3.05, 3.63) is 41.6 Å². The maximum atomic E-state index is 12.6. The van der Waals surface area contributed by atoms with Gasteiger partial charge >= 0.3 is 6.18 Å². The van der Waals surface area contributed by atoms with Gasteiger partial charge in [0.15, 0.2) is 0 Å². The first kappa shape index (κ1) is 18.9. The van der Waals surface area contributed by atoms with Gasteiger partial charge in [0, 0.05) is 23.5 Å². The first-order valence-corrected chi connectivity index (χ1v) is 8.74. The number of nitrogens with zero attached hydrogens (tertiary/aromatic N) is 4. The minimum absolute atomic E-state index is 0.0393. The first-order valence-electron chi connectivity index (χ1n) is 6.90. The molecule has 0 fully saturated rings. The highest BCUT2D eigenvalue weighted by Crippen LogP contribution is 2.27. The Labute approximate surface area is 142 Å². The second-order valence-corrected chi connectivity index (χ2v) is 7.04. The molecule has 2 aromatic rings. The summed E-state index contributed by atoms with van der Waals surface area (Å²) in [5, 5.41) is 0. The van der Waals surface area contributed by atoms with Crippen LogP contribution in [0.5, 0.6) is 5.88 Å². The average molecular weight is 376 g/mol. The topological polar surface area (TPSA) is 85.3 Å². The minimum Gasteiger partial charge on any atom is -0.481 e. The summed E-state index contributed by atoms with van der Waals surface area (Å²) in [4.78, 5) is 10.6. The molecule has 0 atom stereocenters. The first-order chi connectivity index (χ1) is 11.5. The lowest BCUT2D eigenvalue weighted by atomic mass is 10.2. The fourth-order valence-electron chi connectivity index (χ4n) is 1.98. The molecule has 0 aliphatic rings. The number of anilines is 1. The normalized spacial score (nSPS) is 12.1. The number of aryl methyl sites for hydroxylation is 1. The third kappa shape index (κ3) is 4.56. The van der Waals surface area contributed by atoms with Gasteiger partial charge in [-0.3, -0.25) is 4.31 Å². The molecule has 0 radical (unpaired) electrons. The highest BCUT2D eigenvalue weighted by Gasteiger charge is 2.35. The molecule has 0 saturated carbocycles. The Morgan fingerprint density at radius 1 is 1.20 bits per heavy atom. The SMILES string of the molecule is COc1ccc(N(Cc2cnc(C(F)(F)F)nc2C)S(C)(=O)=O)cn1. The molecular formula is C14H15F3N4O3S. The fraction of sp³-hybridized carbons (Fsp3) is 0.357. The summed E-state index contributed by atoms with van der Waals surface area (Å²) in [6, 6.07) is 2.96. The molecule has 7 nitrogen and oxygen atoms in total. The number of pyridine rings is 1. The molecule has 0 amide bonds. The number of rotatable bonds is 5. The van der Waals surface area contributed by atoms with Gasteiger partial charge in [-0.2, -0.15) is 13.2 Å². The van der Waals surface area contributed by atoms with Gasteiger partial charge in [0.1, 0.15) is 0 Å². The van der Waals surface area contributed by atoms with E-state index < -0.39 is 22.0 Å². The summed E-state index contributed by atoms with van der Waals surface area (Å²) < 4.78 is 68.0. The number of methoxy groups -OCH3 is 1. The molecule has 0 aliphatic heterocycles. The molecule has 25 heavy (non-hydrogen) atoms. The van der Waals surface area contributed by atoms with Crippen molar-refractivity contribution < 1.29 is 26.3 Å². The number of hydrogen-bond donors (Lipinski definition) is 0. The lowest BCUT2D eigenvalue weighted by Crippen LogP contribution is -2.30. The van der Waals surface area contributed by atoms with Crippen LogP contribution in [0.4, 0.5) is 18.9 Å². The van der Waals surface area contributed by atoms with Crippen LogP contribution in [0.25, 0.3) is 0 Å². The molecule has 11 heteroatoms. The number of aromatic nitrogens is 3. The second kappa shape index (κ2) is 6.82. The van der Waals surface area contributed by atoms with E-state index in [2.05, 4.69) is 15.0 Å². The summed E-state index contributed by atoms with van der Waals surface area (Å²) in [6.07, 6.45) is -1.42. The molecule has 0 N–H and O–H groups in total. The van der Waals surface area contributed by atoms with Crippen molar-refractivity contribution >= 4 is 15.7 Å². The Hall–Kier alpha value is -2.43. The quantitative estimate of drug-likeness (QED) is 0.795. The van der Waals surface area contributed by atoms with Crippen LogP contribution < -0.4 is 9.04 Å². The Balaban J connectivity index is 2.38. The van der Waals surface area contributed by atoms with Crippen molar-refractivity contribution in [1.82, 2.24) is 15.0 Å². The van der Waals surface area contributed by atoms with Crippen LogP contribution in [-0.2, 0) is 22.7 Å². The number of alkyl halides is 3. The van der Waals surface area contributed by atoms with Gasteiger partial charge in [0.2, 0.25) is 21.7 Å². The van der Waals surface area contributed by atoms with Crippen molar-refractivity contribution in [3.8, 4) is 5.88 Å². The Morgan fingerprint density at radius 3 is 2.32 bits per heavy atom. The predicted octanol–water partition coefficient (Wildman–Crippen LogP) is 2.17. The third-order valence-electron chi connectivity index (χ3n) is 3.27. The van der Waals surface area contributed by atoms with E-state index in [0.717, 1.165) is 16.8 Å². The van der Waals surface area contributed by atoms with Gasteiger partial charge in [-0.15, -0.1) is 0 Å². The van der Waals surface area contributed by atoms with Gasteiger partial charge in [0.05, 0.1) is 31.8 Å². The second-order valence-electron chi connectivity index (χ2n) is 5.13. The van der Waals surface area contributed by atoms with Crippen LogP contribution in [-0.4, -0.2) is 36.7 Å². The van der Waals surface area contributed by atoms with Crippen molar-refractivity contribution in [1.29, 1.82) is 0 Å². The molecule has 0 bridgehead atoms. The van der Waals surface area contributed by atoms with Gasteiger partial charge in [-0.25, -0.2) is 23.4 Å². The number of sulfonamides is 1. The van der Waals surface area contributed by atoms with Crippen LogP contribution in [0.1, 0.15) is 17.1 Å². The lowest BCUT2D eigenvalue weighted by molar-refractivity contribution is -0.145. The van der Waals surface area contributed by atoms with Crippen molar-refractivity contribution in [2.45, 2.75) is 19.6 Å². The number of ether oxygens (including phenoxy) is 1. The smallest absolute Gasteiger partial charge is 0.451 e. The molecule has 2 heterocycles. The molecule has 0 unspecified atom stereocenters. The van der Waals surface area contributed by atoms with Crippen LogP contribution in [0.2, 0.25) is 0 Å². The van der Waals surface area contributed by atoms with Gasteiger partial charge in [0.25, 0.3) is 0 Å². The van der Waals surface area contributed by atoms with E-state index in [9.17, 15) is 21.6 Å². The minimum atomic E-state index is -4.67. The van der Waals surface area contributed by atoms with Gasteiger partial charge in [-0.05, 0) is 13.0 Å². The zero-order chi connectivity index (χ0) is 18.8. The van der Waals surface area contributed by atoms with E-state index in [-0.39, 0.29) is 23.5 Å². The third-order valence-corrected chi connectivity index (χ3v) is 4.41. The Bertz CT molecular complexity index is 855. The molecule has 136 valence electrons. The van der Waals surface area contributed by atoms with Crippen LogP contribution in [0.3, 0.4) is 0 Å². The summed E-state index contributed by atoms with van der Waals surface area (Å²) in [6.45, 7) is 1.13. The molecule has 2 rings (SSSR count). The van der Waals surface area contributed by atoms with Crippen LogP contribution in [0.15, 0.2) is 24.5 Å². The van der Waals surface area contributed by atoms with E-state index in [1.54, 1.807) is 0 Å². The summed E-state index contributed by atoms with van der Waals surface area (Å²) in [5.74, 6) is -0.975. The maximum absolute atomic E-state index is 12.6. The maximum Gasteiger partial charge on any atom is 0.451 e. The highest BCUT2D eigenvalue weighted by molar-refractivity contribution is 7.92. The Morgan fingerprint density at radius 2 is 1.88 bits per heavy atom. The lowest BCUT2D eigenvalue weighted by Gasteiger charge is -2.23. The molecule has 2 aromatic heterocycles. The van der Waals surface area contributed by atoms with Crippen LogP contribution in [0, 0.1) is 6.92 Å². The average Bonchev–Trinajstić information content (AvgIpc) is 2.52. The molecule has 0 aliphatic carbocycles. The summed E-state index contributed by atoms with van der Waals surface area (Å²) in [5.41, 5.74) is 0.522. The highest BCUT2D eigenvalue weighted by atomic mass is 32.2. The standard InChI is InChI=1S/C14H15F3N4O3S/c1-9-10(6-19-13(20-9)14(15,16)17)8-21(25(3,22)23)11-4-5-12(24-2)18-7-11/h4-7H,8H2,1-3H3. The zero-order valence-electron chi connectivity index (χ0n) is 13.6. The molecule has 0 aromatic carbocycles. The van der Waals surface area contributed by atoms with E-state index in [1.807, 2.05) is 0 Å². The molecule has 0 saturated heterocycles. The van der Waals surface area contributed by atoms with E-state index in [0.29, 0.717) is 5.88 Å². The molecule has 0 spiro atoms. The van der Waals surface area contributed by atoms with Gasteiger partial charge in [-0.1, -0.05) is 0 Å². The predicted molar refractivity (Wildman–Crippen MR) is 83.6 cm³/mol. The largest absolute Gasteiger partial charge is 0.481 e. The number of halogens is 3. The Kier molecular flexibility index (Phi) is 5.16. The van der Waals surface area contributed by atoms with E-state index in [4.69, 9.17) is 4.74 Å². The van der Waals surface area contributed by atoms with Gasteiger partial charge < -0.3 is 4.74 Å². The van der Waals surface area contributed by atoms with Crippen molar-refractivity contribution in [2.24, 2.45) is 0 Å². The van der Waals surface area contributed by atoms with Crippen molar-refractivity contribution in [3.63, 3.8) is 0 Å². The van der Waals surface area contributed by atoms with E-state index >= 15 is 0 Å². The summed E-state index contributed by atoms with van der Waals surface area (Å²) in [7, 11) is -2.30. The van der Waals surface area contributed by atoms with Crippen molar-refractivity contribution in [2.75, 3.05) is 17.7 Å². The zero-order valence-corrected chi connectivity index (χ0v) is 14.4. The monoisotopic (exact) mass is 376 g/mol. The summed E-state index contributed by atoms with van der Waals surface area (Å²) >= 11 is 0. The molecular weight excluding hydrogens is 361 g/mol. The van der Waals surface area contributed by atoms with E-state index in [1.165, 1.54) is 32.4 Å². The van der Waals surface area contributed by atoms with Crippen LogP contribution >= 0.6 is 0 Å².